The van der Waals surface area contributed by atoms with Crippen LogP contribution in [-0.4, -0.2) is 48.9 Å². The van der Waals surface area contributed by atoms with Crippen molar-refractivity contribution < 1.29 is 32.6 Å². The van der Waals surface area contributed by atoms with Crippen molar-refractivity contribution in [1.29, 1.82) is 0 Å². The molecule has 0 aliphatic carbocycles. The minimum Gasteiger partial charge on any atom is -0.488 e. The normalized spacial score (nSPS) is 16.5. The highest BCUT2D eigenvalue weighted by atomic mass is 19.1. The van der Waals surface area contributed by atoms with Gasteiger partial charge in [0.05, 0.1) is 24.8 Å². The Balaban J connectivity index is 1.34. The highest BCUT2D eigenvalue weighted by Gasteiger charge is 2.44. The van der Waals surface area contributed by atoms with Crippen LogP contribution in [0.3, 0.4) is 0 Å². The lowest BCUT2D eigenvalue weighted by Crippen LogP contribution is -2.48. The average molecular weight is 538 g/mol. The van der Waals surface area contributed by atoms with Crippen LogP contribution in [-0.2, 0) is 16.0 Å². The molecule has 1 heterocycles. The Bertz CT molecular complexity index is 1370. The fraction of sp³-hybridized carbons (Fsp3) is 0.276. The summed E-state index contributed by atoms with van der Waals surface area (Å²) in [4.78, 5) is 38.1. The molecule has 4 rings (SSSR count). The van der Waals surface area contributed by atoms with Crippen molar-refractivity contribution in [2.45, 2.75) is 32.0 Å². The fourth-order valence-electron chi connectivity index (χ4n) is 4.43. The van der Waals surface area contributed by atoms with E-state index in [2.05, 4.69) is 15.4 Å². The summed E-state index contributed by atoms with van der Waals surface area (Å²) in [5, 5.41) is 5.12. The summed E-state index contributed by atoms with van der Waals surface area (Å²) >= 11 is 0. The maximum absolute atomic E-state index is 15.8. The topological polar surface area (TPSA) is 97.0 Å². The van der Waals surface area contributed by atoms with E-state index in [0.717, 1.165) is 0 Å². The summed E-state index contributed by atoms with van der Waals surface area (Å²) in [6.45, 7) is 1.70. The van der Waals surface area contributed by atoms with Crippen LogP contribution in [0.15, 0.2) is 66.7 Å². The van der Waals surface area contributed by atoms with E-state index in [9.17, 15) is 18.8 Å². The number of benzene rings is 3. The molecule has 0 spiro atoms. The van der Waals surface area contributed by atoms with Gasteiger partial charge in [0.2, 0.25) is 11.7 Å². The number of hydrogen-bond donors (Lipinski definition) is 2. The molecule has 3 amide bonds. The third kappa shape index (κ3) is 6.70. The number of methoxy groups -OCH3 is 1. The van der Waals surface area contributed by atoms with Gasteiger partial charge >= 0.3 is 12.0 Å². The standard InChI is InChI=1S/C29H29F2N3O5/c1-19-16-20(8-13-24(19)32-28(37)33-25-7-4-3-6-23(25)30)17-26(35)34-15-5-14-29(34,31)18-39-22-11-9-21(10-12-22)27(36)38-2/h3-4,6-13,16H,5,14-15,17-18H2,1-2H3,(H2,32,33,37)/t29-/m1/s1. The minimum atomic E-state index is -1.96. The number of ether oxygens (including phenoxy) is 2. The van der Waals surface area contributed by atoms with Crippen molar-refractivity contribution in [1.82, 2.24) is 4.90 Å². The molecule has 1 saturated heterocycles. The minimum absolute atomic E-state index is 0.0258. The Hall–Kier alpha value is -4.47. The summed E-state index contributed by atoms with van der Waals surface area (Å²) in [5.74, 6) is -3.00. The molecule has 10 heteroatoms. The van der Waals surface area contributed by atoms with Gasteiger partial charge in [0.25, 0.3) is 0 Å². The van der Waals surface area contributed by atoms with Gasteiger partial charge in [0, 0.05) is 18.7 Å². The van der Waals surface area contributed by atoms with Gasteiger partial charge in [-0.2, -0.15) is 0 Å². The maximum Gasteiger partial charge on any atom is 0.337 e. The lowest BCUT2D eigenvalue weighted by atomic mass is 10.1. The van der Waals surface area contributed by atoms with Gasteiger partial charge < -0.3 is 25.0 Å². The second-order valence-corrected chi connectivity index (χ2v) is 9.26. The molecule has 3 aromatic carbocycles. The van der Waals surface area contributed by atoms with E-state index in [0.29, 0.717) is 34.5 Å². The van der Waals surface area contributed by atoms with Crippen LogP contribution in [0.4, 0.5) is 25.0 Å². The molecule has 0 aromatic heterocycles. The molecule has 8 nitrogen and oxygen atoms in total. The highest BCUT2D eigenvalue weighted by molar-refractivity contribution is 6.00. The van der Waals surface area contributed by atoms with Crippen LogP contribution < -0.4 is 15.4 Å². The molecule has 1 fully saturated rings. The predicted octanol–water partition coefficient (Wildman–Crippen LogP) is 5.47. The Morgan fingerprint density at radius 3 is 2.41 bits per heavy atom. The van der Waals surface area contributed by atoms with E-state index >= 15 is 4.39 Å². The summed E-state index contributed by atoms with van der Waals surface area (Å²) < 4.78 is 39.9. The van der Waals surface area contributed by atoms with Gasteiger partial charge in [-0.05, 0) is 66.9 Å². The van der Waals surface area contributed by atoms with Gasteiger partial charge in [0.15, 0.2) is 0 Å². The largest absolute Gasteiger partial charge is 0.488 e. The number of aryl methyl sites for hydroxylation is 1. The van der Waals surface area contributed by atoms with E-state index in [-0.39, 0.29) is 37.6 Å². The number of halogens is 2. The van der Waals surface area contributed by atoms with Crippen molar-refractivity contribution in [3.63, 3.8) is 0 Å². The highest BCUT2D eigenvalue weighted by Crippen LogP contribution is 2.33. The van der Waals surface area contributed by atoms with Crippen molar-refractivity contribution in [2.75, 3.05) is 30.9 Å². The predicted molar refractivity (Wildman–Crippen MR) is 142 cm³/mol. The molecule has 204 valence electrons. The number of carbonyl (C=O) groups excluding carboxylic acids is 3. The van der Waals surface area contributed by atoms with Gasteiger partial charge in [-0.3, -0.25) is 4.79 Å². The van der Waals surface area contributed by atoms with Crippen LogP contribution >= 0.6 is 0 Å². The van der Waals surface area contributed by atoms with Crippen LogP contribution in [0.1, 0.15) is 34.3 Å². The SMILES string of the molecule is COC(=O)c1ccc(OC[C@@]2(F)CCCN2C(=O)Cc2ccc(NC(=O)Nc3ccccc3F)c(C)c2)cc1. The molecule has 39 heavy (non-hydrogen) atoms. The summed E-state index contributed by atoms with van der Waals surface area (Å²) in [6, 6.07) is 16.4. The van der Waals surface area contributed by atoms with Crippen LogP contribution in [0, 0.1) is 12.7 Å². The number of amides is 3. The molecule has 1 atom stereocenters. The number of hydrogen-bond acceptors (Lipinski definition) is 5. The lowest BCUT2D eigenvalue weighted by molar-refractivity contribution is -0.144. The molecule has 1 aliphatic heterocycles. The van der Waals surface area contributed by atoms with E-state index < -0.39 is 23.6 Å². The van der Waals surface area contributed by atoms with Crippen molar-refractivity contribution >= 4 is 29.3 Å². The number of esters is 1. The lowest BCUT2D eigenvalue weighted by Gasteiger charge is -2.31. The van der Waals surface area contributed by atoms with Crippen LogP contribution in [0.5, 0.6) is 5.75 Å². The van der Waals surface area contributed by atoms with E-state index in [1.54, 1.807) is 43.3 Å². The van der Waals surface area contributed by atoms with E-state index in [4.69, 9.17) is 4.74 Å². The summed E-state index contributed by atoms with van der Waals surface area (Å²) in [6.07, 6.45) is 0.631. The molecule has 0 unspecified atom stereocenters. The fourth-order valence-corrected chi connectivity index (χ4v) is 4.43. The van der Waals surface area contributed by atoms with Gasteiger partial charge in [-0.15, -0.1) is 0 Å². The molecule has 0 saturated carbocycles. The molecule has 3 aromatic rings. The van der Waals surface area contributed by atoms with Gasteiger partial charge in [-0.25, -0.2) is 18.4 Å². The quantitative estimate of drug-likeness (QED) is 0.293. The first-order valence-electron chi connectivity index (χ1n) is 12.4. The average Bonchev–Trinajstić information content (AvgIpc) is 3.32. The summed E-state index contributed by atoms with van der Waals surface area (Å²) in [5.41, 5.74) is 2.24. The number of rotatable bonds is 8. The first-order chi connectivity index (χ1) is 18.7. The number of alkyl halides is 1. The number of urea groups is 1. The number of anilines is 2. The monoisotopic (exact) mass is 537 g/mol. The first kappa shape index (κ1) is 27.6. The number of nitrogens with zero attached hydrogens (tertiary/aromatic N) is 1. The molecule has 0 bridgehead atoms. The third-order valence-electron chi connectivity index (χ3n) is 6.48. The molecule has 2 N–H and O–H groups in total. The molecule has 0 radical (unpaired) electrons. The molecular formula is C29H29F2N3O5. The van der Waals surface area contributed by atoms with Gasteiger partial charge in [0.1, 0.15) is 18.2 Å². The van der Waals surface area contributed by atoms with Crippen LogP contribution in [0.25, 0.3) is 0 Å². The zero-order chi connectivity index (χ0) is 28.0. The van der Waals surface area contributed by atoms with E-state index in [1.807, 2.05) is 0 Å². The Morgan fingerprint density at radius 1 is 1.00 bits per heavy atom. The third-order valence-corrected chi connectivity index (χ3v) is 6.48. The molecular weight excluding hydrogens is 508 g/mol. The number of carbonyl (C=O) groups is 3. The van der Waals surface area contributed by atoms with Gasteiger partial charge in [-0.1, -0.05) is 24.3 Å². The zero-order valence-corrected chi connectivity index (χ0v) is 21.6. The second kappa shape index (κ2) is 11.9. The smallest absolute Gasteiger partial charge is 0.337 e. The Kier molecular flexibility index (Phi) is 8.43. The summed E-state index contributed by atoms with van der Waals surface area (Å²) in [7, 11) is 1.28. The number of nitrogens with one attached hydrogen (secondary N) is 2. The second-order valence-electron chi connectivity index (χ2n) is 9.26. The maximum atomic E-state index is 15.8. The Labute approximate surface area is 224 Å². The zero-order valence-electron chi connectivity index (χ0n) is 21.6. The van der Waals surface area contributed by atoms with E-state index in [1.165, 1.54) is 42.3 Å². The van der Waals surface area contributed by atoms with Crippen LogP contribution in [0.2, 0.25) is 0 Å². The molecule has 1 aliphatic rings. The first-order valence-corrected chi connectivity index (χ1v) is 12.4. The Morgan fingerprint density at radius 2 is 1.72 bits per heavy atom. The number of para-hydroxylation sites is 1. The van der Waals surface area contributed by atoms with Crippen molar-refractivity contribution in [3.05, 3.63) is 89.2 Å². The van der Waals surface area contributed by atoms with Crippen molar-refractivity contribution in [3.8, 4) is 5.75 Å². The van der Waals surface area contributed by atoms with Crippen molar-refractivity contribution in [2.24, 2.45) is 0 Å². The number of likely N-dealkylation sites (tertiary alicyclic amines) is 1.